The van der Waals surface area contributed by atoms with Crippen molar-refractivity contribution in [3.8, 4) is 0 Å². The fourth-order valence-electron chi connectivity index (χ4n) is 2.77. The second kappa shape index (κ2) is 4.19. The molecule has 0 radical (unpaired) electrons. The Bertz CT molecular complexity index is 187. The van der Waals surface area contributed by atoms with Crippen LogP contribution in [0.2, 0.25) is 0 Å². The first kappa shape index (κ1) is 10.4. The van der Waals surface area contributed by atoms with Gasteiger partial charge in [0.15, 0.2) is 0 Å². The van der Waals surface area contributed by atoms with Crippen molar-refractivity contribution in [2.75, 3.05) is 13.2 Å². The standard InChI is InChI=1S/C12H23NO/c1-10-5-3-6-11(10)13-9-12(2)7-4-8-14-12/h10-11,13H,3-9H2,1-2H3. The van der Waals surface area contributed by atoms with Gasteiger partial charge in [-0.3, -0.25) is 0 Å². The van der Waals surface area contributed by atoms with E-state index in [2.05, 4.69) is 19.2 Å². The van der Waals surface area contributed by atoms with Crippen LogP contribution in [0.5, 0.6) is 0 Å². The molecule has 2 nitrogen and oxygen atoms in total. The molecule has 82 valence electrons. The lowest BCUT2D eigenvalue weighted by Gasteiger charge is -2.27. The third-order valence-corrected chi connectivity index (χ3v) is 3.90. The first-order valence-corrected chi connectivity index (χ1v) is 6.07. The van der Waals surface area contributed by atoms with Crippen molar-refractivity contribution < 1.29 is 4.74 Å². The lowest BCUT2D eigenvalue weighted by atomic mass is 10.0. The predicted molar refractivity (Wildman–Crippen MR) is 58.4 cm³/mol. The third-order valence-electron chi connectivity index (χ3n) is 3.90. The van der Waals surface area contributed by atoms with Gasteiger partial charge in [0.25, 0.3) is 0 Å². The minimum atomic E-state index is 0.127. The Balaban J connectivity index is 1.75. The molecule has 0 aromatic heterocycles. The lowest BCUT2D eigenvalue weighted by molar-refractivity contribution is 0.0180. The average Bonchev–Trinajstić information content (AvgIpc) is 2.73. The molecule has 2 fully saturated rings. The zero-order valence-corrected chi connectivity index (χ0v) is 9.51. The Morgan fingerprint density at radius 1 is 1.36 bits per heavy atom. The van der Waals surface area contributed by atoms with Crippen LogP contribution >= 0.6 is 0 Å². The molecule has 1 aliphatic heterocycles. The van der Waals surface area contributed by atoms with Gasteiger partial charge in [0.2, 0.25) is 0 Å². The van der Waals surface area contributed by atoms with Crippen LogP contribution in [0.4, 0.5) is 0 Å². The molecule has 2 heteroatoms. The molecule has 3 unspecified atom stereocenters. The molecule has 0 amide bonds. The summed E-state index contributed by atoms with van der Waals surface area (Å²) >= 11 is 0. The first-order chi connectivity index (χ1) is 6.70. The summed E-state index contributed by atoms with van der Waals surface area (Å²) in [5.41, 5.74) is 0.127. The summed E-state index contributed by atoms with van der Waals surface area (Å²) in [5.74, 6) is 0.861. The van der Waals surface area contributed by atoms with Gasteiger partial charge in [0.05, 0.1) is 5.60 Å². The number of hydrogen-bond acceptors (Lipinski definition) is 2. The highest BCUT2D eigenvalue weighted by molar-refractivity contribution is 4.87. The van der Waals surface area contributed by atoms with Gasteiger partial charge >= 0.3 is 0 Å². The van der Waals surface area contributed by atoms with Crippen LogP contribution in [0, 0.1) is 5.92 Å². The maximum Gasteiger partial charge on any atom is 0.0779 e. The zero-order chi connectivity index (χ0) is 10.0. The Kier molecular flexibility index (Phi) is 3.13. The van der Waals surface area contributed by atoms with Crippen LogP contribution in [-0.4, -0.2) is 24.8 Å². The number of hydrogen-bond donors (Lipinski definition) is 1. The van der Waals surface area contributed by atoms with E-state index in [1.165, 1.54) is 32.1 Å². The summed E-state index contributed by atoms with van der Waals surface area (Å²) in [5, 5.41) is 3.69. The second-order valence-electron chi connectivity index (χ2n) is 5.30. The summed E-state index contributed by atoms with van der Waals surface area (Å²) in [6, 6.07) is 0.746. The minimum absolute atomic E-state index is 0.127. The largest absolute Gasteiger partial charge is 0.374 e. The van der Waals surface area contributed by atoms with Gasteiger partial charge in [-0.2, -0.15) is 0 Å². The normalized spacial score (nSPS) is 43.3. The third kappa shape index (κ3) is 2.29. The van der Waals surface area contributed by atoms with Gasteiger partial charge in [-0.1, -0.05) is 13.3 Å². The smallest absolute Gasteiger partial charge is 0.0779 e. The molecule has 3 atom stereocenters. The van der Waals surface area contributed by atoms with Crippen molar-refractivity contribution in [1.82, 2.24) is 5.32 Å². The minimum Gasteiger partial charge on any atom is -0.374 e. The van der Waals surface area contributed by atoms with E-state index in [1.807, 2.05) is 0 Å². The maximum atomic E-state index is 5.77. The van der Waals surface area contributed by atoms with Crippen LogP contribution in [-0.2, 0) is 4.74 Å². The van der Waals surface area contributed by atoms with E-state index in [4.69, 9.17) is 4.74 Å². The molecule has 0 aromatic carbocycles. The quantitative estimate of drug-likeness (QED) is 0.750. The molecule has 1 aliphatic carbocycles. The summed E-state index contributed by atoms with van der Waals surface area (Å²) in [6.45, 7) is 6.61. The Labute approximate surface area is 87.4 Å². The lowest BCUT2D eigenvalue weighted by Crippen LogP contribution is -2.43. The van der Waals surface area contributed by atoms with Crippen LogP contribution < -0.4 is 5.32 Å². The number of rotatable bonds is 3. The monoisotopic (exact) mass is 197 g/mol. The van der Waals surface area contributed by atoms with E-state index in [0.29, 0.717) is 0 Å². The van der Waals surface area contributed by atoms with Gasteiger partial charge < -0.3 is 10.1 Å². The van der Waals surface area contributed by atoms with Crippen molar-refractivity contribution in [2.24, 2.45) is 5.92 Å². The summed E-state index contributed by atoms with van der Waals surface area (Å²) in [4.78, 5) is 0. The molecule has 0 spiro atoms. The fourth-order valence-corrected chi connectivity index (χ4v) is 2.77. The van der Waals surface area contributed by atoms with Crippen molar-refractivity contribution >= 4 is 0 Å². The zero-order valence-electron chi connectivity index (χ0n) is 9.51. The van der Waals surface area contributed by atoms with Crippen LogP contribution in [0.15, 0.2) is 0 Å². The molecule has 2 aliphatic rings. The average molecular weight is 197 g/mol. The van der Waals surface area contributed by atoms with Crippen LogP contribution in [0.25, 0.3) is 0 Å². The van der Waals surface area contributed by atoms with Crippen molar-refractivity contribution in [3.63, 3.8) is 0 Å². The Morgan fingerprint density at radius 2 is 2.21 bits per heavy atom. The van der Waals surface area contributed by atoms with Crippen molar-refractivity contribution in [1.29, 1.82) is 0 Å². The highest BCUT2D eigenvalue weighted by Gasteiger charge is 2.31. The van der Waals surface area contributed by atoms with Crippen molar-refractivity contribution in [3.05, 3.63) is 0 Å². The van der Waals surface area contributed by atoms with Crippen LogP contribution in [0.3, 0.4) is 0 Å². The van der Waals surface area contributed by atoms with Gasteiger partial charge in [-0.15, -0.1) is 0 Å². The van der Waals surface area contributed by atoms with E-state index in [9.17, 15) is 0 Å². The molecule has 0 bridgehead atoms. The summed E-state index contributed by atoms with van der Waals surface area (Å²) < 4.78 is 5.77. The van der Waals surface area contributed by atoms with Gasteiger partial charge in [-0.05, 0) is 38.5 Å². The van der Waals surface area contributed by atoms with Crippen LogP contribution in [0.1, 0.15) is 46.0 Å². The number of ether oxygens (including phenoxy) is 1. The van der Waals surface area contributed by atoms with Gasteiger partial charge in [0, 0.05) is 19.2 Å². The second-order valence-corrected chi connectivity index (χ2v) is 5.30. The predicted octanol–water partition coefficient (Wildman–Crippen LogP) is 2.33. The molecular formula is C12H23NO. The SMILES string of the molecule is CC1CCCC1NCC1(C)CCCO1. The van der Waals surface area contributed by atoms with Crippen molar-refractivity contribution in [2.45, 2.75) is 57.6 Å². The Hall–Kier alpha value is -0.0800. The molecule has 0 aromatic rings. The van der Waals surface area contributed by atoms with E-state index in [0.717, 1.165) is 25.1 Å². The molecule has 2 rings (SSSR count). The molecule has 1 saturated carbocycles. The first-order valence-electron chi connectivity index (χ1n) is 6.07. The summed E-state index contributed by atoms with van der Waals surface area (Å²) in [7, 11) is 0. The molecule has 1 saturated heterocycles. The molecular weight excluding hydrogens is 174 g/mol. The van der Waals surface area contributed by atoms with Gasteiger partial charge in [-0.25, -0.2) is 0 Å². The molecule has 14 heavy (non-hydrogen) atoms. The highest BCUT2D eigenvalue weighted by Crippen LogP contribution is 2.28. The molecule has 1 N–H and O–H groups in total. The highest BCUT2D eigenvalue weighted by atomic mass is 16.5. The van der Waals surface area contributed by atoms with E-state index < -0.39 is 0 Å². The maximum absolute atomic E-state index is 5.77. The van der Waals surface area contributed by atoms with E-state index in [-0.39, 0.29) is 5.60 Å². The number of nitrogens with one attached hydrogen (secondary N) is 1. The fraction of sp³-hybridized carbons (Fsp3) is 1.00. The molecule has 1 heterocycles. The Morgan fingerprint density at radius 3 is 2.79 bits per heavy atom. The van der Waals surface area contributed by atoms with Gasteiger partial charge in [0.1, 0.15) is 0 Å². The van der Waals surface area contributed by atoms with E-state index >= 15 is 0 Å². The summed E-state index contributed by atoms with van der Waals surface area (Å²) in [6.07, 6.45) is 6.61. The van der Waals surface area contributed by atoms with E-state index in [1.54, 1.807) is 0 Å². The topological polar surface area (TPSA) is 21.3 Å².